The van der Waals surface area contributed by atoms with Crippen LogP contribution >= 0.6 is 0 Å². The summed E-state index contributed by atoms with van der Waals surface area (Å²) in [6.07, 6.45) is 0.392. The topological polar surface area (TPSA) is 59.2 Å². The van der Waals surface area contributed by atoms with Gasteiger partial charge in [-0.2, -0.15) is 4.98 Å². The van der Waals surface area contributed by atoms with Gasteiger partial charge in [-0.25, -0.2) is 0 Å². The van der Waals surface area contributed by atoms with Crippen molar-refractivity contribution >= 4 is 11.6 Å². The van der Waals surface area contributed by atoms with Gasteiger partial charge in [0, 0.05) is 24.2 Å². The largest absolute Gasteiger partial charge is 0.339 e. The van der Waals surface area contributed by atoms with E-state index in [-0.39, 0.29) is 11.8 Å². The molecule has 1 aromatic heterocycles. The first-order chi connectivity index (χ1) is 12.1. The van der Waals surface area contributed by atoms with E-state index in [2.05, 4.69) is 10.1 Å². The lowest BCUT2D eigenvalue weighted by molar-refractivity contribution is -0.117. The molecule has 0 bridgehead atoms. The van der Waals surface area contributed by atoms with Gasteiger partial charge in [-0.05, 0) is 31.5 Å². The maximum Gasteiger partial charge on any atom is 0.232 e. The zero-order chi connectivity index (χ0) is 17.4. The van der Waals surface area contributed by atoms with Gasteiger partial charge in [-0.3, -0.25) is 4.79 Å². The van der Waals surface area contributed by atoms with Crippen molar-refractivity contribution in [1.29, 1.82) is 0 Å². The Bertz CT molecular complexity index is 915. The first kappa shape index (κ1) is 15.6. The Morgan fingerprint density at radius 1 is 1.08 bits per heavy atom. The van der Waals surface area contributed by atoms with Gasteiger partial charge in [0.1, 0.15) is 0 Å². The molecule has 3 aromatic rings. The molecule has 1 aliphatic heterocycles. The second-order valence-corrected chi connectivity index (χ2v) is 6.51. The van der Waals surface area contributed by atoms with Crippen molar-refractivity contribution in [2.75, 3.05) is 11.4 Å². The molecule has 1 atom stereocenters. The van der Waals surface area contributed by atoms with E-state index >= 15 is 0 Å². The Kier molecular flexibility index (Phi) is 3.84. The average molecular weight is 333 g/mol. The number of amides is 1. The minimum absolute atomic E-state index is 0.0703. The lowest BCUT2D eigenvalue weighted by Gasteiger charge is -2.16. The maximum absolute atomic E-state index is 12.4. The molecule has 0 N–H and O–H groups in total. The van der Waals surface area contributed by atoms with Gasteiger partial charge in [0.05, 0.1) is 5.92 Å². The molecule has 126 valence electrons. The molecular formula is C20H19N3O2. The highest BCUT2D eigenvalue weighted by molar-refractivity contribution is 5.96. The SMILES string of the molecule is Cc1ccc(N2C[C@@H](c3nc(-c4ccccc4C)no3)CC2=O)cc1. The summed E-state index contributed by atoms with van der Waals surface area (Å²) < 4.78 is 5.47. The molecule has 5 nitrogen and oxygen atoms in total. The number of hydrogen-bond donors (Lipinski definition) is 0. The number of carbonyl (C=O) groups is 1. The predicted octanol–water partition coefficient (Wildman–Crippen LogP) is 3.87. The van der Waals surface area contributed by atoms with Gasteiger partial charge in [0.2, 0.25) is 17.6 Å². The van der Waals surface area contributed by atoms with Gasteiger partial charge in [0.25, 0.3) is 0 Å². The van der Waals surface area contributed by atoms with Crippen molar-refractivity contribution < 1.29 is 9.32 Å². The fourth-order valence-electron chi connectivity index (χ4n) is 3.18. The number of benzene rings is 2. The van der Waals surface area contributed by atoms with Crippen LogP contribution in [0.4, 0.5) is 5.69 Å². The molecule has 0 spiro atoms. The van der Waals surface area contributed by atoms with Gasteiger partial charge in [-0.15, -0.1) is 0 Å². The lowest BCUT2D eigenvalue weighted by Crippen LogP contribution is -2.24. The number of aromatic nitrogens is 2. The standard InChI is InChI=1S/C20H19N3O2/c1-13-7-9-16(10-8-13)23-12-15(11-18(23)24)20-21-19(22-25-20)17-6-4-3-5-14(17)2/h3-10,15H,11-12H2,1-2H3/t15-/m0/s1. The molecule has 1 aliphatic rings. The summed E-state index contributed by atoms with van der Waals surface area (Å²) in [5.41, 5.74) is 4.14. The quantitative estimate of drug-likeness (QED) is 0.730. The smallest absolute Gasteiger partial charge is 0.232 e. The fourth-order valence-corrected chi connectivity index (χ4v) is 3.18. The van der Waals surface area contributed by atoms with Crippen LogP contribution in [0.1, 0.15) is 29.4 Å². The molecule has 0 radical (unpaired) electrons. The van der Waals surface area contributed by atoms with Crippen molar-refractivity contribution in [3.05, 3.63) is 65.5 Å². The van der Waals surface area contributed by atoms with Crippen molar-refractivity contribution in [2.45, 2.75) is 26.2 Å². The minimum atomic E-state index is -0.0703. The molecule has 1 fully saturated rings. The Morgan fingerprint density at radius 2 is 1.84 bits per heavy atom. The number of aryl methyl sites for hydroxylation is 2. The molecule has 2 aromatic carbocycles. The average Bonchev–Trinajstić information content (AvgIpc) is 3.23. The highest BCUT2D eigenvalue weighted by Crippen LogP contribution is 2.32. The molecule has 25 heavy (non-hydrogen) atoms. The van der Waals surface area contributed by atoms with Crippen LogP contribution in [-0.2, 0) is 4.79 Å². The second kappa shape index (κ2) is 6.16. The van der Waals surface area contributed by atoms with E-state index in [1.165, 1.54) is 5.56 Å². The summed E-state index contributed by atoms with van der Waals surface area (Å²) >= 11 is 0. The van der Waals surface area contributed by atoms with E-state index in [1.807, 2.05) is 62.4 Å². The van der Waals surface area contributed by atoms with Crippen LogP contribution in [0.15, 0.2) is 53.1 Å². The maximum atomic E-state index is 12.4. The van der Waals surface area contributed by atoms with E-state index < -0.39 is 0 Å². The first-order valence-electron chi connectivity index (χ1n) is 8.38. The summed E-state index contributed by atoms with van der Waals surface area (Å²) in [5.74, 6) is 1.12. The number of carbonyl (C=O) groups excluding carboxylic acids is 1. The fraction of sp³-hybridized carbons (Fsp3) is 0.250. The van der Waals surface area contributed by atoms with Crippen LogP contribution < -0.4 is 4.90 Å². The van der Waals surface area contributed by atoms with E-state index in [0.29, 0.717) is 24.7 Å². The normalized spacial score (nSPS) is 17.3. The van der Waals surface area contributed by atoms with Crippen LogP contribution in [0.3, 0.4) is 0 Å². The molecule has 1 saturated heterocycles. The second-order valence-electron chi connectivity index (χ2n) is 6.51. The predicted molar refractivity (Wildman–Crippen MR) is 95.4 cm³/mol. The van der Waals surface area contributed by atoms with Gasteiger partial charge in [-0.1, -0.05) is 47.1 Å². The van der Waals surface area contributed by atoms with Gasteiger partial charge < -0.3 is 9.42 Å². The third-order valence-corrected chi connectivity index (χ3v) is 4.65. The first-order valence-corrected chi connectivity index (χ1v) is 8.38. The van der Waals surface area contributed by atoms with Crippen LogP contribution in [0.5, 0.6) is 0 Å². The number of nitrogens with zero attached hydrogens (tertiary/aromatic N) is 3. The number of rotatable bonds is 3. The summed E-state index contributed by atoms with van der Waals surface area (Å²) in [5, 5.41) is 4.11. The Balaban J connectivity index is 1.57. The summed E-state index contributed by atoms with van der Waals surface area (Å²) in [6.45, 7) is 4.62. The van der Waals surface area contributed by atoms with Crippen LogP contribution in [0.25, 0.3) is 11.4 Å². The molecular weight excluding hydrogens is 314 g/mol. The molecule has 1 amide bonds. The van der Waals surface area contributed by atoms with Crippen molar-refractivity contribution in [3.63, 3.8) is 0 Å². The van der Waals surface area contributed by atoms with Crippen molar-refractivity contribution in [2.24, 2.45) is 0 Å². The molecule has 0 saturated carbocycles. The van der Waals surface area contributed by atoms with Crippen molar-refractivity contribution in [1.82, 2.24) is 10.1 Å². The summed E-state index contributed by atoms with van der Waals surface area (Å²) in [6, 6.07) is 15.9. The number of hydrogen-bond acceptors (Lipinski definition) is 4. The zero-order valence-electron chi connectivity index (χ0n) is 14.3. The Hall–Kier alpha value is -2.95. The monoisotopic (exact) mass is 333 g/mol. The van der Waals surface area contributed by atoms with Gasteiger partial charge >= 0.3 is 0 Å². The van der Waals surface area contributed by atoms with Crippen LogP contribution in [-0.4, -0.2) is 22.6 Å². The van der Waals surface area contributed by atoms with E-state index in [0.717, 1.165) is 16.8 Å². The van der Waals surface area contributed by atoms with E-state index in [1.54, 1.807) is 4.90 Å². The minimum Gasteiger partial charge on any atom is -0.339 e. The molecule has 0 unspecified atom stereocenters. The Morgan fingerprint density at radius 3 is 2.60 bits per heavy atom. The van der Waals surface area contributed by atoms with Gasteiger partial charge in [0.15, 0.2) is 0 Å². The zero-order valence-corrected chi connectivity index (χ0v) is 14.3. The summed E-state index contributed by atoms with van der Waals surface area (Å²) in [4.78, 5) is 18.7. The van der Waals surface area contributed by atoms with E-state index in [4.69, 9.17) is 4.52 Å². The highest BCUT2D eigenvalue weighted by Gasteiger charge is 2.35. The highest BCUT2D eigenvalue weighted by atomic mass is 16.5. The molecule has 0 aliphatic carbocycles. The Labute approximate surface area is 146 Å². The van der Waals surface area contributed by atoms with E-state index in [9.17, 15) is 4.79 Å². The van der Waals surface area contributed by atoms with Crippen LogP contribution in [0.2, 0.25) is 0 Å². The molecule has 4 rings (SSSR count). The van der Waals surface area contributed by atoms with Crippen LogP contribution in [0, 0.1) is 13.8 Å². The third-order valence-electron chi connectivity index (χ3n) is 4.65. The third kappa shape index (κ3) is 2.93. The lowest BCUT2D eigenvalue weighted by atomic mass is 10.1. The summed E-state index contributed by atoms with van der Waals surface area (Å²) in [7, 11) is 0. The van der Waals surface area contributed by atoms with Crippen molar-refractivity contribution in [3.8, 4) is 11.4 Å². The molecule has 5 heteroatoms. The number of anilines is 1. The molecule has 2 heterocycles.